The molecule has 0 spiro atoms. The molecule has 1 aliphatic heterocycles. The van der Waals surface area contributed by atoms with E-state index in [0.29, 0.717) is 42.4 Å². The van der Waals surface area contributed by atoms with E-state index < -0.39 is 17.8 Å². The van der Waals surface area contributed by atoms with Crippen LogP contribution in [0.3, 0.4) is 0 Å². The van der Waals surface area contributed by atoms with E-state index in [0.717, 1.165) is 5.56 Å². The number of hydrogen-bond donors (Lipinski definition) is 0. The van der Waals surface area contributed by atoms with Crippen LogP contribution in [0.4, 0.5) is 10.1 Å². The number of aryl methyl sites for hydroxylation is 1. The molecule has 0 N–H and O–H groups in total. The molecule has 0 bridgehead atoms. The average molecular weight is 610 g/mol. The minimum atomic E-state index is -1.06. The maximum Gasteiger partial charge on any atom is 0.250 e. The molecule has 1 fully saturated rings. The summed E-state index contributed by atoms with van der Waals surface area (Å²) in [5, 5.41) is 1.97. The number of alkyl halides is 1. The molecular formula is C34H41ClFN3O4. The Morgan fingerprint density at radius 3 is 2.26 bits per heavy atom. The topological polar surface area (TPSA) is 62.3 Å². The van der Waals surface area contributed by atoms with Gasteiger partial charge in [0, 0.05) is 25.3 Å². The summed E-state index contributed by atoms with van der Waals surface area (Å²) in [7, 11) is 0. The zero-order valence-corrected chi connectivity index (χ0v) is 26.5. The largest absolute Gasteiger partial charge is 0.457 e. The molecule has 3 aromatic rings. The van der Waals surface area contributed by atoms with Gasteiger partial charge >= 0.3 is 0 Å². The smallest absolute Gasteiger partial charge is 0.250 e. The number of rotatable bonds is 9. The Kier molecular flexibility index (Phi) is 10.5. The summed E-state index contributed by atoms with van der Waals surface area (Å²) in [5.74, 6) is -0.0237. The fourth-order valence-corrected chi connectivity index (χ4v) is 5.42. The van der Waals surface area contributed by atoms with Gasteiger partial charge in [-0.25, -0.2) is 4.39 Å². The second-order valence-corrected chi connectivity index (χ2v) is 12.4. The molecule has 7 nitrogen and oxygen atoms in total. The molecule has 1 aliphatic rings. The molecule has 0 radical (unpaired) electrons. The van der Waals surface area contributed by atoms with E-state index in [1.54, 1.807) is 29.2 Å². The Bertz CT molecular complexity index is 1390. The quantitative estimate of drug-likeness (QED) is 0.241. The third kappa shape index (κ3) is 8.13. The van der Waals surface area contributed by atoms with Crippen LogP contribution in [0.25, 0.3) is 0 Å². The van der Waals surface area contributed by atoms with Crippen molar-refractivity contribution in [3.8, 4) is 11.5 Å². The van der Waals surface area contributed by atoms with Gasteiger partial charge in [0.05, 0.1) is 11.6 Å². The second kappa shape index (κ2) is 13.9. The van der Waals surface area contributed by atoms with E-state index in [1.165, 1.54) is 17.0 Å². The van der Waals surface area contributed by atoms with Crippen molar-refractivity contribution in [2.45, 2.75) is 59.2 Å². The van der Waals surface area contributed by atoms with Crippen molar-refractivity contribution >= 4 is 29.1 Å². The van der Waals surface area contributed by atoms with Crippen LogP contribution >= 0.6 is 11.6 Å². The predicted molar refractivity (Wildman–Crippen MR) is 168 cm³/mol. The minimum absolute atomic E-state index is 0.0564. The van der Waals surface area contributed by atoms with E-state index in [-0.39, 0.29) is 29.3 Å². The maximum atomic E-state index is 14.5. The zero-order chi connectivity index (χ0) is 31.3. The Morgan fingerprint density at radius 2 is 1.67 bits per heavy atom. The summed E-state index contributed by atoms with van der Waals surface area (Å²) in [4.78, 5) is 37.5. The molecule has 1 heterocycles. The van der Waals surface area contributed by atoms with E-state index in [4.69, 9.17) is 21.2 Å². The zero-order valence-electron chi connectivity index (χ0n) is 25.7. The molecule has 2 atom stereocenters. The van der Waals surface area contributed by atoms with E-state index in [1.807, 2.05) is 69.2 Å². The summed E-state index contributed by atoms with van der Waals surface area (Å²) >= 11 is 6.16. The number of amides is 2. The number of para-hydroxylation sites is 1. The first-order valence-electron chi connectivity index (χ1n) is 14.6. The van der Waals surface area contributed by atoms with Crippen molar-refractivity contribution in [1.82, 2.24) is 9.96 Å². The van der Waals surface area contributed by atoms with Gasteiger partial charge in [-0.3, -0.25) is 19.3 Å². The summed E-state index contributed by atoms with van der Waals surface area (Å²) in [6, 6.07) is 19.3. The normalized spacial score (nSPS) is 16.7. The maximum absolute atomic E-state index is 14.5. The number of carbonyl (C=O) groups is 2. The lowest BCUT2D eigenvalue weighted by atomic mass is 9.98. The predicted octanol–water partition coefficient (Wildman–Crippen LogP) is 7.14. The van der Waals surface area contributed by atoms with Crippen molar-refractivity contribution in [3.05, 3.63) is 89.7 Å². The van der Waals surface area contributed by atoms with Crippen molar-refractivity contribution in [3.63, 3.8) is 0 Å². The summed E-state index contributed by atoms with van der Waals surface area (Å²) in [5.41, 5.74) is 1.34. The molecule has 2 amide bonds. The lowest BCUT2D eigenvalue weighted by Crippen LogP contribution is -2.59. The van der Waals surface area contributed by atoms with Crippen LogP contribution in [0, 0.1) is 18.7 Å². The first-order chi connectivity index (χ1) is 20.4. The van der Waals surface area contributed by atoms with Gasteiger partial charge in [-0.15, -0.1) is 11.6 Å². The summed E-state index contributed by atoms with van der Waals surface area (Å²) < 4.78 is 20.0. The number of nitrogens with zero attached hydrogens (tertiary/aromatic N) is 3. The Morgan fingerprint density at radius 1 is 1.00 bits per heavy atom. The summed E-state index contributed by atoms with van der Waals surface area (Å²) in [6.45, 7) is 13.4. The third-order valence-electron chi connectivity index (χ3n) is 7.31. The fraction of sp³-hybridized carbons (Fsp3) is 0.412. The van der Waals surface area contributed by atoms with E-state index in [9.17, 15) is 14.0 Å². The number of hydroxylamine groups is 2. The molecular weight excluding hydrogens is 569 g/mol. The highest BCUT2D eigenvalue weighted by molar-refractivity contribution is 6.30. The number of carbonyl (C=O) groups excluding carboxylic acids is 2. The molecule has 0 aromatic heterocycles. The van der Waals surface area contributed by atoms with Crippen molar-refractivity contribution < 1.29 is 23.6 Å². The highest BCUT2D eigenvalue weighted by atomic mass is 35.5. The molecule has 230 valence electrons. The van der Waals surface area contributed by atoms with Gasteiger partial charge in [-0.05, 0) is 87.2 Å². The van der Waals surface area contributed by atoms with Crippen molar-refractivity contribution in [2.24, 2.45) is 5.92 Å². The number of ether oxygens (including phenoxy) is 1. The average Bonchev–Trinajstić information content (AvgIpc) is 2.96. The Hall–Kier alpha value is -3.46. The highest BCUT2D eigenvalue weighted by Gasteiger charge is 2.40. The van der Waals surface area contributed by atoms with Gasteiger partial charge in [0.1, 0.15) is 29.2 Å². The Labute approximate surface area is 259 Å². The molecule has 0 saturated carbocycles. The number of piperazine rings is 1. The number of anilines is 1. The van der Waals surface area contributed by atoms with Crippen LogP contribution in [-0.2, 0) is 14.4 Å². The van der Waals surface area contributed by atoms with Gasteiger partial charge in [0.25, 0.3) is 5.91 Å². The van der Waals surface area contributed by atoms with E-state index in [2.05, 4.69) is 13.8 Å². The molecule has 43 heavy (non-hydrogen) atoms. The monoisotopic (exact) mass is 609 g/mol. The van der Waals surface area contributed by atoms with Crippen molar-refractivity contribution in [2.75, 3.05) is 30.4 Å². The molecule has 0 aliphatic carbocycles. The third-order valence-corrected chi connectivity index (χ3v) is 7.54. The van der Waals surface area contributed by atoms with Gasteiger partial charge in [0.15, 0.2) is 0 Å². The number of halogens is 2. The second-order valence-electron chi connectivity index (χ2n) is 12.2. The van der Waals surface area contributed by atoms with Crippen LogP contribution in [0.2, 0.25) is 0 Å². The number of hydrogen-bond acceptors (Lipinski definition) is 5. The van der Waals surface area contributed by atoms with E-state index >= 15 is 0 Å². The Balaban J connectivity index is 1.72. The van der Waals surface area contributed by atoms with Crippen LogP contribution in [0.15, 0.2) is 72.8 Å². The molecule has 3 aromatic carbocycles. The molecule has 1 saturated heterocycles. The van der Waals surface area contributed by atoms with Gasteiger partial charge in [-0.1, -0.05) is 44.2 Å². The number of benzene rings is 3. The first-order valence-corrected chi connectivity index (χ1v) is 15.1. The van der Waals surface area contributed by atoms with Gasteiger partial charge < -0.3 is 9.64 Å². The molecule has 4 rings (SSSR count). The van der Waals surface area contributed by atoms with Gasteiger partial charge in [-0.2, -0.15) is 5.06 Å². The molecule has 9 heteroatoms. The standard InChI is InChI=1S/C34H41ClFN3O4/c1-23(2)30-22-37(18-19-38(30)43-34(4,5)6)33(41)32(25-12-14-26(36)15-13-25)39(31(40)21-35)29-17-16-28(20-24(29)3)42-27-10-8-7-9-11-27/h7-17,20,23,30,32H,18-19,21-22H2,1-6H3/t30-,32-/m1/s1. The van der Waals surface area contributed by atoms with Crippen LogP contribution in [-0.4, -0.2) is 58.9 Å². The lowest BCUT2D eigenvalue weighted by molar-refractivity contribution is -0.268. The summed E-state index contributed by atoms with van der Waals surface area (Å²) in [6.07, 6.45) is 0. The fourth-order valence-electron chi connectivity index (χ4n) is 5.29. The van der Waals surface area contributed by atoms with Gasteiger partial charge in [0.2, 0.25) is 5.91 Å². The van der Waals surface area contributed by atoms with Crippen LogP contribution in [0.1, 0.15) is 51.8 Å². The SMILES string of the molecule is Cc1cc(Oc2ccccc2)ccc1N(C(=O)CCl)[C@@H](C(=O)N1CCN(OC(C)(C)C)[C@@H](C(C)C)C1)c1ccc(F)cc1. The van der Waals surface area contributed by atoms with Crippen LogP contribution < -0.4 is 9.64 Å². The minimum Gasteiger partial charge on any atom is -0.457 e. The molecule has 0 unspecified atom stereocenters. The first kappa shape index (κ1) is 32.5. The lowest BCUT2D eigenvalue weighted by Gasteiger charge is -2.46. The van der Waals surface area contributed by atoms with Crippen LogP contribution in [0.5, 0.6) is 11.5 Å². The highest BCUT2D eigenvalue weighted by Crippen LogP contribution is 2.36. The van der Waals surface area contributed by atoms with Crippen molar-refractivity contribution in [1.29, 1.82) is 0 Å².